The van der Waals surface area contributed by atoms with Crippen LogP contribution in [0.25, 0.3) is 0 Å². The number of terminal acetylenes is 2. The molecular weight excluding hydrogens is 120 g/mol. The largest absolute Gasteiger partial charge is 0.115 e. The van der Waals surface area contributed by atoms with Gasteiger partial charge in [-0.1, -0.05) is 17.9 Å². The fourth-order valence-corrected chi connectivity index (χ4v) is 0.676. The standard InChI is InChI=1S/C10H5/c1-3-9-7-5-6-8-10(9)4-2/h1-2,5,7-8H. The molecule has 0 fully saturated rings. The van der Waals surface area contributed by atoms with Gasteiger partial charge >= 0.3 is 0 Å². The van der Waals surface area contributed by atoms with Crippen LogP contribution in [0.5, 0.6) is 0 Å². The molecule has 1 aromatic carbocycles. The maximum absolute atomic E-state index is 5.17. The minimum atomic E-state index is 0.727. The minimum Gasteiger partial charge on any atom is -0.115 e. The lowest BCUT2D eigenvalue weighted by molar-refractivity contribution is 1.58. The van der Waals surface area contributed by atoms with E-state index in [1.54, 1.807) is 18.2 Å². The zero-order chi connectivity index (χ0) is 7.40. The molecule has 10 heavy (non-hydrogen) atoms. The predicted molar refractivity (Wildman–Crippen MR) is 41.1 cm³/mol. The van der Waals surface area contributed by atoms with Crippen LogP contribution >= 0.6 is 0 Å². The molecule has 1 radical (unpaired) electrons. The molecule has 0 N–H and O–H groups in total. The van der Waals surface area contributed by atoms with Crippen LogP contribution in [0.2, 0.25) is 0 Å². The lowest BCUT2D eigenvalue weighted by atomic mass is 10.1. The minimum absolute atomic E-state index is 0.727. The summed E-state index contributed by atoms with van der Waals surface area (Å²) in [6.45, 7) is 0. The normalized spacial score (nSPS) is 7.80. The van der Waals surface area contributed by atoms with Gasteiger partial charge in [0.1, 0.15) is 0 Å². The Hall–Kier alpha value is -1.66. The van der Waals surface area contributed by atoms with Crippen LogP contribution in [0.15, 0.2) is 18.2 Å². The van der Waals surface area contributed by atoms with Gasteiger partial charge in [0.2, 0.25) is 0 Å². The summed E-state index contributed by atoms with van der Waals surface area (Å²) in [4.78, 5) is 0. The van der Waals surface area contributed by atoms with Crippen molar-refractivity contribution in [1.82, 2.24) is 0 Å². The van der Waals surface area contributed by atoms with Gasteiger partial charge in [0, 0.05) is 11.1 Å². The molecule has 0 heteroatoms. The van der Waals surface area contributed by atoms with Crippen molar-refractivity contribution >= 4 is 0 Å². The van der Waals surface area contributed by atoms with E-state index < -0.39 is 0 Å². The van der Waals surface area contributed by atoms with Crippen molar-refractivity contribution < 1.29 is 0 Å². The molecule has 0 spiro atoms. The Morgan fingerprint density at radius 1 is 1.20 bits per heavy atom. The highest BCUT2D eigenvalue weighted by molar-refractivity contribution is 5.47. The fraction of sp³-hybridized carbons (Fsp3) is 0. The second-order valence-electron chi connectivity index (χ2n) is 1.76. The first-order valence-corrected chi connectivity index (χ1v) is 2.82. The van der Waals surface area contributed by atoms with Crippen molar-refractivity contribution in [2.75, 3.05) is 0 Å². The molecule has 1 rings (SSSR count). The zero-order valence-electron chi connectivity index (χ0n) is 5.39. The van der Waals surface area contributed by atoms with Gasteiger partial charge in [0.25, 0.3) is 0 Å². The van der Waals surface area contributed by atoms with Gasteiger partial charge in [-0.2, -0.15) is 0 Å². The van der Waals surface area contributed by atoms with Gasteiger partial charge in [-0.3, -0.25) is 0 Å². The summed E-state index contributed by atoms with van der Waals surface area (Å²) in [7, 11) is 0. The lowest BCUT2D eigenvalue weighted by Crippen LogP contribution is -1.79. The van der Waals surface area contributed by atoms with Gasteiger partial charge in [0.15, 0.2) is 0 Å². The molecule has 0 aromatic heterocycles. The van der Waals surface area contributed by atoms with Crippen molar-refractivity contribution in [2.24, 2.45) is 0 Å². The first kappa shape index (κ1) is 6.46. The monoisotopic (exact) mass is 125 g/mol. The summed E-state index contributed by atoms with van der Waals surface area (Å²) in [5.74, 6) is 4.96. The zero-order valence-corrected chi connectivity index (χ0v) is 5.39. The SMILES string of the molecule is C#Cc1c[c]ccc1C#C. The summed E-state index contributed by atoms with van der Waals surface area (Å²) >= 11 is 0. The Morgan fingerprint density at radius 3 is 2.40 bits per heavy atom. The number of hydrogen-bond donors (Lipinski definition) is 0. The van der Waals surface area contributed by atoms with Crippen LogP contribution in [0, 0.1) is 30.8 Å². The Labute approximate surface area is 60.9 Å². The van der Waals surface area contributed by atoms with Crippen LogP contribution in [-0.2, 0) is 0 Å². The van der Waals surface area contributed by atoms with Gasteiger partial charge in [-0.15, -0.1) is 12.8 Å². The van der Waals surface area contributed by atoms with E-state index in [0.717, 1.165) is 11.1 Å². The lowest BCUT2D eigenvalue weighted by Gasteiger charge is -1.91. The third kappa shape index (κ3) is 1.02. The predicted octanol–water partition coefficient (Wildman–Crippen LogP) is 1.45. The fourth-order valence-electron chi connectivity index (χ4n) is 0.676. The van der Waals surface area contributed by atoms with Gasteiger partial charge in [-0.25, -0.2) is 0 Å². The van der Waals surface area contributed by atoms with Crippen LogP contribution in [0.1, 0.15) is 11.1 Å². The van der Waals surface area contributed by atoms with Crippen molar-refractivity contribution in [2.45, 2.75) is 0 Å². The van der Waals surface area contributed by atoms with Gasteiger partial charge < -0.3 is 0 Å². The van der Waals surface area contributed by atoms with Crippen LogP contribution in [0.3, 0.4) is 0 Å². The molecule has 0 saturated carbocycles. The van der Waals surface area contributed by atoms with Crippen molar-refractivity contribution in [3.63, 3.8) is 0 Å². The molecule has 0 heterocycles. The molecule has 0 saturated heterocycles. The Kier molecular flexibility index (Phi) is 1.78. The molecular formula is C10H5. The maximum Gasteiger partial charge on any atom is 0.0405 e. The summed E-state index contributed by atoms with van der Waals surface area (Å²) in [5.41, 5.74) is 1.48. The molecule has 0 nitrogen and oxygen atoms in total. The molecule has 0 aliphatic carbocycles. The molecule has 45 valence electrons. The molecule has 0 aliphatic heterocycles. The highest BCUT2D eigenvalue weighted by Gasteiger charge is 1.91. The summed E-state index contributed by atoms with van der Waals surface area (Å²) < 4.78 is 0. The van der Waals surface area contributed by atoms with E-state index in [1.807, 2.05) is 0 Å². The molecule has 0 atom stereocenters. The van der Waals surface area contributed by atoms with Crippen LogP contribution in [0.4, 0.5) is 0 Å². The summed E-state index contributed by atoms with van der Waals surface area (Å²) in [6.07, 6.45) is 10.3. The van der Waals surface area contributed by atoms with Crippen molar-refractivity contribution in [1.29, 1.82) is 0 Å². The highest BCUT2D eigenvalue weighted by Crippen LogP contribution is 2.03. The van der Waals surface area contributed by atoms with E-state index in [2.05, 4.69) is 17.9 Å². The van der Waals surface area contributed by atoms with E-state index in [1.165, 1.54) is 0 Å². The Bertz CT molecular complexity index is 275. The quantitative estimate of drug-likeness (QED) is 0.460. The van der Waals surface area contributed by atoms with Crippen LogP contribution in [-0.4, -0.2) is 0 Å². The third-order valence-electron chi connectivity index (χ3n) is 1.18. The maximum atomic E-state index is 5.17. The molecule has 0 bridgehead atoms. The van der Waals surface area contributed by atoms with Crippen molar-refractivity contribution in [3.05, 3.63) is 35.4 Å². The number of benzene rings is 1. The van der Waals surface area contributed by atoms with Crippen LogP contribution < -0.4 is 0 Å². The van der Waals surface area contributed by atoms with E-state index >= 15 is 0 Å². The van der Waals surface area contributed by atoms with E-state index in [4.69, 9.17) is 12.8 Å². The third-order valence-corrected chi connectivity index (χ3v) is 1.18. The van der Waals surface area contributed by atoms with Gasteiger partial charge in [-0.05, 0) is 18.2 Å². The van der Waals surface area contributed by atoms with E-state index in [-0.39, 0.29) is 0 Å². The van der Waals surface area contributed by atoms with Crippen molar-refractivity contribution in [3.8, 4) is 24.7 Å². The Morgan fingerprint density at radius 2 is 1.90 bits per heavy atom. The molecule has 0 aliphatic rings. The van der Waals surface area contributed by atoms with Gasteiger partial charge in [0.05, 0.1) is 0 Å². The highest BCUT2D eigenvalue weighted by atomic mass is 13.9. The summed E-state index contributed by atoms with van der Waals surface area (Å²) in [6, 6.07) is 8.07. The Balaban J connectivity index is 3.28. The first-order chi connectivity index (χ1) is 4.88. The average Bonchev–Trinajstić information content (AvgIpc) is 2.04. The van der Waals surface area contributed by atoms with E-state index in [0.29, 0.717) is 0 Å². The molecule has 1 aromatic rings. The molecule has 0 amide bonds. The topological polar surface area (TPSA) is 0 Å². The average molecular weight is 125 g/mol. The number of rotatable bonds is 0. The number of hydrogen-bond acceptors (Lipinski definition) is 0. The first-order valence-electron chi connectivity index (χ1n) is 2.82. The molecule has 0 unspecified atom stereocenters. The smallest absolute Gasteiger partial charge is 0.0405 e. The second kappa shape index (κ2) is 2.76. The van der Waals surface area contributed by atoms with E-state index in [9.17, 15) is 0 Å². The summed E-state index contributed by atoms with van der Waals surface area (Å²) in [5, 5.41) is 0. The second-order valence-corrected chi connectivity index (χ2v) is 1.76.